The van der Waals surface area contributed by atoms with Gasteiger partial charge in [0.15, 0.2) is 0 Å². The summed E-state index contributed by atoms with van der Waals surface area (Å²) in [6.45, 7) is 0. The first-order chi connectivity index (χ1) is 12.5. The number of pyridine rings is 1. The Morgan fingerprint density at radius 1 is 1.23 bits per heavy atom. The molecule has 2 heterocycles. The molecule has 2 aromatic heterocycles. The number of aromatic nitrogens is 3. The molecule has 0 atom stereocenters. The third-order valence-electron chi connectivity index (χ3n) is 4.09. The molecule has 4 aromatic rings. The molecule has 0 spiro atoms. The van der Waals surface area contributed by atoms with Crippen LogP contribution in [0.25, 0.3) is 33.7 Å². The lowest BCUT2D eigenvalue weighted by molar-refractivity contribution is 0.425. The van der Waals surface area contributed by atoms with E-state index in [4.69, 9.17) is 16.1 Å². The van der Waals surface area contributed by atoms with Gasteiger partial charge < -0.3 is 14.2 Å². The summed E-state index contributed by atoms with van der Waals surface area (Å²) < 4.78 is 20.0. The smallest absolute Gasteiger partial charge is 0.267 e. The minimum Gasteiger partial charge on any atom is -0.506 e. The first-order valence-electron chi connectivity index (χ1n) is 7.57. The normalized spacial score (nSPS) is 11.2. The first kappa shape index (κ1) is 16.3. The number of hydrogen-bond donors (Lipinski definition) is 1. The van der Waals surface area contributed by atoms with Crippen molar-refractivity contribution in [3.8, 4) is 28.6 Å². The third kappa shape index (κ3) is 2.44. The molecular weight excluding hydrogens is 361 g/mol. The Balaban J connectivity index is 1.96. The van der Waals surface area contributed by atoms with Crippen LogP contribution >= 0.6 is 11.6 Å². The molecule has 2 aromatic carbocycles. The highest BCUT2D eigenvalue weighted by molar-refractivity contribution is 6.33. The van der Waals surface area contributed by atoms with Gasteiger partial charge >= 0.3 is 0 Å². The van der Waals surface area contributed by atoms with Gasteiger partial charge in [-0.2, -0.15) is 4.98 Å². The average Bonchev–Trinajstić information content (AvgIpc) is 3.10. The van der Waals surface area contributed by atoms with Crippen LogP contribution in [-0.2, 0) is 7.05 Å². The van der Waals surface area contributed by atoms with Gasteiger partial charge in [-0.3, -0.25) is 4.79 Å². The second-order valence-electron chi connectivity index (χ2n) is 5.65. The minimum atomic E-state index is -0.545. The highest BCUT2D eigenvalue weighted by atomic mass is 35.5. The molecule has 0 radical (unpaired) electrons. The molecule has 26 heavy (non-hydrogen) atoms. The van der Waals surface area contributed by atoms with E-state index in [9.17, 15) is 14.3 Å². The van der Waals surface area contributed by atoms with E-state index in [1.807, 2.05) is 0 Å². The zero-order chi connectivity index (χ0) is 18.4. The van der Waals surface area contributed by atoms with Gasteiger partial charge in [0.05, 0.1) is 10.5 Å². The molecular formula is C18H11ClFN3O3. The van der Waals surface area contributed by atoms with Crippen molar-refractivity contribution in [2.24, 2.45) is 7.05 Å². The Labute approximate surface area is 151 Å². The summed E-state index contributed by atoms with van der Waals surface area (Å²) in [7, 11) is 1.51. The minimum absolute atomic E-state index is 0.166. The standard InChI is InChI=1S/C18H11ClFN3O3/c1-23-13-7-6-9(20)8-11(13)15(24)14(18(23)25)17-21-16(22-26-17)10-4-2-3-5-12(10)19/h2-8,24H,1H3. The molecule has 4 rings (SSSR count). The van der Waals surface area contributed by atoms with Gasteiger partial charge in [-0.05, 0) is 30.3 Å². The summed E-state index contributed by atoms with van der Waals surface area (Å²) in [5, 5.41) is 14.9. The lowest BCUT2D eigenvalue weighted by Gasteiger charge is -2.09. The maximum Gasteiger partial charge on any atom is 0.267 e. The second kappa shape index (κ2) is 5.96. The Morgan fingerprint density at radius 2 is 2.00 bits per heavy atom. The maximum absolute atomic E-state index is 13.6. The highest BCUT2D eigenvalue weighted by Gasteiger charge is 2.23. The summed E-state index contributed by atoms with van der Waals surface area (Å²) in [6, 6.07) is 10.6. The molecule has 0 aliphatic heterocycles. The van der Waals surface area contributed by atoms with Crippen LogP contribution < -0.4 is 5.56 Å². The Kier molecular flexibility index (Phi) is 3.73. The van der Waals surface area contributed by atoms with Gasteiger partial charge in [-0.25, -0.2) is 4.39 Å². The molecule has 0 fully saturated rings. The van der Waals surface area contributed by atoms with Crippen molar-refractivity contribution in [1.29, 1.82) is 0 Å². The van der Waals surface area contributed by atoms with Crippen molar-refractivity contribution in [2.45, 2.75) is 0 Å². The Hall–Kier alpha value is -3.19. The molecule has 0 aliphatic carbocycles. The first-order valence-corrected chi connectivity index (χ1v) is 7.95. The quantitative estimate of drug-likeness (QED) is 0.580. The van der Waals surface area contributed by atoms with E-state index in [-0.39, 0.29) is 22.7 Å². The number of hydrogen-bond acceptors (Lipinski definition) is 5. The molecule has 0 aliphatic rings. The van der Waals surface area contributed by atoms with Crippen molar-refractivity contribution >= 4 is 22.5 Å². The van der Waals surface area contributed by atoms with Gasteiger partial charge in [-0.15, -0.1) is 0 Å². The molecule has 6 nitrogen and oxygen atoms in total. The van der Waals surface area contributed by atoms with Crippen molar-refractivity contribution < 1.29 is 14.0 Å². The number of aryl methyl sites for hydroxylation is 1. The number of benzene rings is 2. The molecule has 0 bridgehead atoms. The number of fused-ring (bicyclic) bond motifs is 1. The number of aromatic hydroxyl groups is 1. The van der Waals surface area contributed by atoms with E-state index >= 15 is 0 Å². The Bertz CT molecular complexity index is 1220. The van der Waals surface area contributed by atoms with Crippen LogP contribution in [0, 0.1) is 5.82 Å². The van der Waals surface area contributed by atoms with Crippen LogP contribution in [0.2, 0.25) is 5.02 Å². The largest absolute Gasteiger partial charge is 0.506 e. The van der Waals surface area contributed by atoms with E-state index in [0.29, 0.717) is 16.1 Å². The highest BCUT2D eigenvalue weighted by Crippen LogP contribution is 2.34. The second-order valence-corrected chi connectivity index (χ2v) is 6.06. The fourth-order valence-electron chi connectivity index (χ4n) is 2.77. The van der Waals surface area contributed by atoms with Crippen molar-refractivity contribution in [2.75, 3.05) is 0 Å². The zero-order valence-corrected chi connectivity index (χ0v) is 14.2. The zero-order valence-electron chi connectivity index (χ0n) is 13.4. The molecule has 8 heteroatoms. The average molecular weight is 372 g/mol. The SMILES string of the molecule is Cn1c(=O)c(-c2nc(-c3ccccc3Cl)no2)c(O)c2cc(F)ccc21. The van der Waals surface area contributed by atoms with E-state index < -0.39 is 17.1 Å². The van der Waals surface area contributed by atoms with Crippen LogP contribution in [0.5, 0.6) is 5.75 Å². The van der Waals surface area contributed by atoms with Gasteiger partial charge in [-0.1, -0.05) is 28.9 Å². The molecule has 0 saturated heterocycles. The topological polar surface area (TPSA) is 81.2 Å². The molecule has 0 unspecified atom stereocenters. The van der Waals surface area contributed by atoms with Crippen LogP contribution in [0.1, 0.15) is 0 Å². The number of halogens is 2. The van der Waals surface area contributed by atoms with Crippen LogP contribution in [0.4, 0.5) is 4.39 Å². The molecule has 1 N–H and O–H groups in total. The summed E-state index contributed by atoms with van der Waals surface area (Å²) in [5.74, 6) is -0.966. The lowest BCUT2D eigenvalue weighted by atomic mass is 10.1. The summed E-state index contributed by atoms with van der Waals surface area (Å²) in [4.78, 5) is 16.8. The van der Waals surface area contributed by atoms with Gasteiger partial charge in [0.25, 0.3) is 11.4 Å². The van der Waals surface area contributed by atoms with E-state index in [2.05, 4.69) is 10.1 Å². The van der Waals surface area contributed by atoms with E-state index in [1.54, 1.807) is 24.3 Å². The van der Waals surface area contributed by atoms with Gasteiger partial charge in [0.2, 0.25) is 5.82 Å². The monoisotopic (exact) mass is 371 g/mol. The van der Waals surface area contributed by atoms with Crippen molar-refractivity contribution in [3.05, 3.63) is 63.7 Å². The van der Waals surface area contributed by atoms with Crippen LogP contribution in [0.15, 0.2) is 51.8 Å². The molecule has 0 amide bonds. The van der Waals surface area contributed by atoms with E-state index in [1.165, 1.54) is 23.7 Å². The van der Waals surface area contributed by atoms with Crippen LogP contribution in [-0.4, -0.2) is 19.8 Å². The maximum atomic E-state index is 13.6. The predicted molar refractivity (Wildman–Crippen MR) is 94.5 cm³/mol. The van der Waals surface area contributed by atoms with Gasteiger partial charge in [0.1, 0.15) is 17.1 Å². The lowest BCUT2D eigenvalue weighted by Crippen LogP contribution is -2.19. The van der Waals surface area contributed by atoms with Crippen LogP contribution in [0.3, 0.4) is 0 Å². The summed E-state index contributed by atoms with van der Waals surface area (Å²) >= 11 is 6.12. The van der Waals surface area contributed by atoms with Crippen molar-refractivity contribution in [3.63, 3.8) is 0 Å². The fraction of sp³-hybridized carbons (Fsp3) is 0.0556. The fourth-order valence-corrected chi connectivity index (χ4v) is 2.99. The summed E-state index contributed by atoms with van der Waals surface area (Å²) in [5.41, 5.74) is 0.156. The summed E-state index contributed by atoms with van der Waals surface area (Å²) in [6.07, 6.45) is 0. The molecule has 130 valence electrons. The van der Waals surface area contributed by atoms with Gasteiger partial charge in [0, 0.05) is 18.0 Å². The van der Waals surface area contributed by atoms with Crippen molar-refractivity contribution in [1.82, 2.24) is 14.7 Å². The number of rotatable bonds is 2. The predicted octanol–water partition coefficient (Wildman–Crippen LogP) is 3.75. The Morgan fingerprint density at radius 3 is 2.77 bits per heavy atom. The van der Waals surface area contributed by atoms with E-state index in [0.717, 1.165) is 6.07 Å². The number of nitrogens with zero attached hydrogens (tertiary/aromatic N) is 3. The molecule has 0 saturated carbocycles. The third-order valence-corrected chi connectivity index (χ3v) is 4.41.